The molecule has 0 amide bonds. The van der Waals surface area contributed by atoms with Crippen LogP contribution >= 0.6 is 11.6 Å². The third-order valence-corrected chi connectivity index (χ3v) is 3.23. The molecule has 0 spiro atoms. The molecule has 1 unspecified atom stereocenters. The second-order valence-electron chi connectivity index (χ2n) is 4.54. The molecular weight excluding hydrogens is 268 g/mol. The van der Waals surface area contributed by atoms with Crippen molar-refractivity contribution in [2.24, 2.45) is 5.73 Å². The fourth-order valence-electron chi connectivity index (χ4n) is 2.05. The van der Waals surface area contributed by atoms with Crippen LogP contribution in [0.4, 0.5) is 8.78 Å². The molecule has 0 fully saturated rings. The normalized spacial score (nSPS) is 12.4. The van der Waals surface area contributed by atoms with Gasteiger partial charge in [-0.25, -0.2) is 8.78 Å². The van der Waals surface area contributed by atoms with Crippen LogP contribution < -0.4 is 5.73 Å². The van der Waals surface area contributed by atoms with E-state index in [0.717, 1.165) is 11.6 Å². The van der Waals surface area contributed by atoms with Crippen molar-refractivity contribution in [2.75, 3.05) is 0 Å². The molecule has 100 valence electrons. The lowest BCUT2D eigenvalue weighted by atomic mass is 9.99. The predicted octanol–water partition coefficient (Wildman–Crippen LogP) is 3.73. The smallest absolute Gasteiger partial charge is 0.126 e. The maximum absolute atomic E-state index is 13.1. The van der Waals surface area contributed by atoms with Crippen molar-refractivity contribution in [3.05, 3.63) is 70.2 Å². The molecular formula is C15H14ClF2N. The molecule has 2 rings (SSSR count). The molecule has 0 aliphatic rings. The molecule has 0 aliphatic carbocycles. The molecule has 19 heavy (non-hydrogen) atoms. The van der Waals surface area contributed by atoms with E-state index in [4.69, 9.17) is 17.3 Å². The first-order valence-corrected chi connectivity index (χ1v) is 6.36. The molecule has 1 atom stereocenters. The van der Waals surface area contributed by atoms with Crippen molar-refractivity contribution < 1.29 is 8.78 Å². The monoisotopic (exact) mass is 281 g/mol. The maximum atomic E-state index is 13.1. The Hall–Kier alpha value is -1.45. The van der Waals surface area contributed by atoms with Gasteiger partial charge in [0.25, 0.3) is 0 Å². The Balaban J connectivity index is 2.05. The summed E-state index contributed by atoms with van der Waals surface area (Å²) in [6, 6.07) is 10.6. The zero-order valence-electron chi connectivity index (χ0n) is 10.2. The highest BCUT2D eigenvalue weighted by Gasteiger charge is 2.09. The van der Waals surface area contributed by atoms with Crippen molar-refractivity contribution in [1.29, 1.82) is 0 Å². The zero-order valence-corrected chi connectivity index (χ0v) is 11.0. The van der Waals surface area contributed by atoms with Gasteiger partial charge in [-0.15, -0.1) is 0 Å². The second kappa shape index (κ2) is 6.13. The van der Waals surface area contributed by atoms with Crippen LogP contribution in [-0.2, 0) is 12.8 Å². The Morgan fingerprint density at radius 1 is 1.00 bits per heavy atom. The van der Waals surface area contributed by atoms with Crippen LogP contribution in [0.1, 0.15) is 11.1 Å². The topological polar surface area (TPSA) is 26.0 Å². The molecule has 4 heteroatoms. The lowest BCUT2D eigenvalue weighted by Crippen LogP contribution is -2.25. The molecule has 1 nitrogen and oxygen atoms in total. The van der Waals surface area contributed by atoms with Crippen LogP contribution in [0, 0.1) is 11.6 Å². The van der Waals surface area contributed by atoms with Crippen LogP contribution in [0.3, 0.4) is 0 Å². The number of benzene rings is 2. The van der Waals surface area contributed by atoms with Gasteiger partial charge in [0.1, 0.15) is 11.6 Å². The summed E-state index contributed by atoms with van der Waals surface area (Å²) in [5.41, 5.74) is 7.49. The van der Waals surface area contributed by atoms with E-state index in [1.165, 1.54) is 12.1 Å². The van der Waals surface area contributed by atoms with E-state index in [9.17, 15) is 8.78 Å². The quantitative estimate of drug-likeness (QED) is 0.908. The summed E-state index contributed by atoms with van der Waals surface area (Å²) in [6.07, 6.45) is 0.970. The number of nitrogens with two attached hydrogens (primary N) is 1. The summed E-state index contributed by atoms with van der Waals surface area (Å²) in [4.78, 5) is 0. The number of hydrogen-bond donors (Lipinski definition) is 1. The van der Waals surface area contributed by atoms with E-state index >= 15 is 0 Å². The minimum Gasteiger partial charge on any atom is -0.327 e. The van der Waals surface area contributed by atoms with Crippen LogP contribution in [0.5, 0.6) is 0 Å². The lowest BCUT2D eigenvalue weighted by molar-refractivity contribution is 0.574. The number of halogens is 3. The second-order valence-corrected chi connectivity index (χ2v) is 4.94. The van der Waals surface area contributed by atoms with E-state index < -0.39 is 11.6 Å². The standard InChI is InChI=1S/C15H14ClF2N/c16-15-4-2-1-3-11(15)8-14(19)7-10-5-12(17)9-13(18)6-10/h1-6,9,14H,7-8,19H2. The van der Waals surface area contributed by atoms with Crippen LogP contribution in [0.2, 0.25) is 5.02 Å². The van der Waals surface area contributed by atoms with Gasteiger partial charge in [-0.2, -0.15) is 0 Å². The van der Waals surface area contributed by atoms with Gasteiger partial charge in [0.15, 0.2) is 0 Å². The average Bonchev–Trinajstić information content (AvgIpc) is 2.30. The van der Waals surface area contributed by atoms with Crippen molar-refractivity contribution in [1.82, 2.24) is 0 Å². The van der Waals surface area contributed by atoms with Gasteiger partial charge in [0, 0.05) is 17.1 Å². The van der Waals surface area contributed by atoms with Crippen molar-refractivity contribution in [3.63, 3.8) is 0 Å². The fraction of sp³-hybridized carbons (Fsp3) is 0.200. The predicted molar refractivity (Wildman–Crippen MR) is 73.2 cm³/mol. The van der Waals surface area contributed by atoms with Gasteiger partial charge in [-0.05, 0) is 42.2 Å². The summed E-state index contributed by atoms with van der Waals surface area (Å²) in [6.45, 7) is 0. The fourth-order valence-corrected chi connectivity index (χ4v) is 2.26. The Morgan fingerprint density at radius 3 is 2.26 bits per heavy atom. The van der Waals surface area contributed by atoms with Crippen molar-refractivity contribution in [3.8, 4) is 0 Å². The van der Waals surface area contributed by atoms with Gasteiger partial charge in [0.2, 0.25) is 0 Å². The zero-order chi connectivity index (χ0) is 13.8. The summed E-state index contributed by atoms with van der Waals surface area (Å²) in [7, 11) is 0. The Kier molecular flexibility index (Phi) is 4.51. The number of hydrogen-bond acceptors (Lipinski definition) is 1. The molecule has 0 heterocycles. The first kappa shape index (κ1) is 14.0. The van der Waals surface area contributed by atoms with E-state index in [2.05, 4.69) is 0 Å². The van der Waals surface area contributed by atoms with Crippen LogP contribution in [0.25, 0.3) is 0 Å². The van der Waals surface area contributed by atoms with Gasteiger partial charge in [-0.3, -0.25) is 0 Å². The first-order valence-electron chi connectivity index (χ1n) is 5.98. The number of rotatable bonds is 4. The molecule has 0 bridgehead atoms. The van der Waals surface area contributed by atoms with Gasteiger partial charge in [0.05, 0.1) is 0 Å². The molecule has 0 saturated heterocycles. The maximum Gasteiger partial charge on any atom is 0.126 e. The van der Waals surface area contributed by atoms with Crippen molar-refractivity contribution in [2.45, 2.75) is 18.9 Å². The molecule has 0 aromatic heterocycles. The third-order valence-electron chi connectivity index (χ3n) is 2.86. The minimum atomic E-state index is -0.583. The van der Waals surface area contributed by atoms with Gasteiger partial charge in [-0.1, -0.05) is 29.8 Å². The highest BCUT2D eigenvalue weighted by atomic mass is 35.5. The summed E-state index contributed by atoms with van der Waals surface area (Å²) in [5, 5.41) is 0.656. The highest BCUT2D eigenvalue weighted by molar-refractivity contribution is 6.31. The molecule has 0 radical (unpaired) electrons. The summed E-state index contributed by atoms with van der Waals surface area (Å²) in [5.74, 6) is -1.17. The molecule has 0 saturated carbocycles. The van der Waals surface area contributed by atoms with E-state index in [-0.39, 0.29) is 6.04 Å². The molecule has 0 aliphatic heterocycles. The third kappa shape index (κ3) is 4.01. The Bertz CT molecular complexity index is 552. The van der Waals surface area contributed by atoms with Crippen LogP contribution in [0.15, 0.2) is 42.5 Å². The van der Waals surface area contributed by atoms with E-state index in [1.54, 1.807) is 6.07 Å². The molecule has 2 aromatic rings. The van der Waals surface area contributed by atoms with E-state index in [0.29, 0.717) is 23.4 Å². The van der Waals surface area contributed by atoms with Crippen molar-refractivity contribution >= 4 is 11.6 Å². The van der Waals surface area contributed by atoms with E-state index in [1.807, 2.05) is 18.2 Å². The average molecular weight is 282 g/mol. The SMILES string of the molecule is NC(Cc1cc(F)cc(F)c1)Cc1ccccc1Cl. The largest absolute Gasteiger partial charge is 0.327 e. The minimum absolute atomic E-state index is 0.235. The Morgan fingerprint density at radius 2 is 1.63 bits per heavy atom. The molecule has 2 N–H and O–H groups in total. The lowest BCUT2D eigenvalue weighted by Gasteiger charge is -2.13. The van der Waals surface area contributed by atoms with Gasteiger partial charge >= 0.3 is 0 Å². The Labute approximate surface area is 116 Å². The molecule has 2 aromatic carbocycles. The summed E-state index contributed by atoms with van der Waals surface area (Å²) >= 11 is 6.05. The first-order chi connectivity index (χ1) is 9.04. The van der Waals surface area contributed by atoms with Gasteiger partial charge < -0.3 is 5.73 Å². The highest BCUT2D eigenvalue weighted by Crippen LogP contribution is 2.18. The summed E-state index contributed by atoms with van der Waals surface area (Å²) < 4.78 is 26.1. The van der Waals surface area contributed by atoms with Crippen LogP contribution in [-0.4, -0.2) is 6.04 Å².